The molecule has 0 aromatic heterocycles. The molecule has 0 unspecified atom stereocenters. The van der Waals surface area contributed by atoms with Crippen LogP contribution < -0.4 is 5.32 Å². The number of nitrogens with one attached hydrogen (secondary N) is 1. The molecular weight excluding hydrogens is 218 g/mol. The molecule has 4 nitrogen and oxygen atoms in total. The van der Waals surface area contributed by atoms with Crippen LogP contribution in [0.15, 0.2) is 12.2 Å². The molecule has 0 radical (unpaired) electrons. The largest absolute Gasteiger partial charge is 0.460 e. The molecule has 0 saturated carbocycles. The summed E-state index contributed by atoms with van der Waals surface area (Å²) in [6.45, 7) is 11.6. The smallest absolute Gasteiger partial charge is 0.333 e. The van der Waals surface area contributed by atoms with Gasteiger partial charge < -0.3 is 10.1 Å². The number of rotatable bonds is 6. The van der Waals surface area contributed by atoms with Crippen molar-refractivity contribution in [3.8, 4) is 0 Å². The Kier molecular flexibility index (Phi) is 6.54. The van der Waals surface area contributed by atoms with Gasteiger partial charge in [0.05, 0.1) is 6.54 Å². The van der Waals surface area contributed by atoms with Crippen LogP contribution >= 0.6 is 0 Å². The summed E-state index contributed by atoms with van der Waals surface area (Å²) in [6, 6.07) is 0. The van der Waals surface area contributed by atoms with E-state index in [0.29, 0.717) is 18.5 Å². The second-order valence-corrected chi connectivity index (χ2v) is 5.00. The predicted molar refractivity (Wildman–Crippen MR) is 67.5 cm³/mol. The zero-order chi connectivity index (χ0) is 13.5. The van der Waals surface area contributed by atoms with Crippen LogP contribution in [0.5, 0.6) is 0 Å². The molecule has 0 aromatic rings. The Morgan fingerprint density at radius 1 is 1.29 bits per heavy atom. The number of amides is 1. The number of esters is 1. The molecule has 4 heteroatoms. The molecule has 0 aromatic carbocycles. The molecular formula is C13H23NO3. The van der Waals surface area contributed by atoms with Crippen LogP contribution in [0.2, 0.25) is 0 Å². The standard InChI is InChI=1S/C13H23NO3/c1-6-7-10(2)11(15)17-9-8-14-12(16)13(3,4)5/h2,6-9H2,1,3-5H3,(H,14,16). The molecule has 17 heavy (non-hydrogen) atoms. The summed E-state index contributed by atoms with van der Waals surface area (Å²) in [5.41, 5.74) is 0.0603. The lowest BCUT2D eigenvalue weighted by atomic mass is 9.96. The molecule has 1 amide bonds. The van der Waals surface area contributed by atoms with E-state index in [1.165, 1.54) is 0 Å². The summed E-state index contributed by atoms with van der Waals surface area (Å²) < 4.78 is 4.97. The molecule has 0 saturated heterocycles. The van der Waals surface area contributed by atoms with E-state index in [4.69, 9.17) is 4.74 Å². The van der Waals surface area contributed by atoms with Crippen molar-refractivity contribution in [2.75, 3.05) is 13.2 Å². The minimum atomic E-state index is -0.421. The van der Waals surface area contributed by atoms with Gasteiger partial charge in [-0.3, -0.25) is 4.79 Å². The minimum Gasteiger partial charge on any atom is -0.460 e. The summed E-state index contributed by atoms with van der Waals surface area (Å²) in [5, 5.41) is 2.70. The fourth-order valence-electron chi connectivity index (χ4n) is 1.08. The molecule has 0 spiro atoms. The van der Waals surface area contributed by atoms with Crippen molar-refractivity contribution in [3.05, 3.63) is 12.2 Å². The van der Waals surface area contributed by atoms with Crippen molar-refractivity contribution in [2.45, 2.75) is 40.5 Å². The van der Waals surface area contributed by atoms with E-state index in [2.05, 4.69) is 11.9 Å². The van der Waals surface area contributed by atoms with Crippen molar-refractivity contribution < 1.29 is 14.3 Å². The second kappa shape index (κ2) is 7.09. The van der Waals surface area contributed by atoms with Crippen molar-refractivity contribution in [3.63, 3.8) is 0 Å². The lowest BCUT2D eigenvalue weighted by molar-refractivity contribution is -0.140. The topological polar surface area (TPSA) is 55.4 Å². The van der Waals surface area contributed by atoms with E-state index in [0.717, 1.165) is 6.42 Å². The summed E-state index contributed by atoms with van der Waals surface area (Å²) in [6.07, 6.45) is 1.52. The Balaban J connectivity index is 3.76. The number of hydrogen-bond donors (Lipinski definition) is 1. The van der Waals surface area contributed by atoms with Crippen molar-refractivity contribution >= 4 is 11.9 Å². The van der Waals surface area contributed by atoms with Gasteiger partial charge in [-0.2, -0.15) is 0 Å². The second-order valence-electron chi connectivity index (χ2n) is 5.00. The highest BCUT2D eigenvalue weighted by atomic mass is 16.5. The van der Waals surface area contributed by atoms with Gasteiger partial charge in [0.25, 0.3) is 0 Å². The lowest BCUT2D eigenvalue weighted by Crippen LogP contribution is -2.37. The number of carbonyl (C=O) groups is 2. The monoisotopic (exact) mass is 241 g/mol. The van der Waals surface area contributed by atoms with Gasteiger partial charge in [0.2, 0.25) is 5.91 Å². The van der Waals surface area contributed by atoms with Crippen LogP contribution in [0.1, 0.15) is 40.5 Å². The highest BCUT2D eigenvalue weighted by molar-refractivity contribution is 5.87. The normalized spacial score (nSPS) is 10.8. The van der Waals surface area contributed by atoms with E-state index in [1.807, 2.05) is 27.7 Å². The first kappa shape index (κ1) is 15.7. The van der Waals surface area contributed by atoms with E-state index >= 15 is 0 Å². The van der Waals surface area contributed by atoms with Crippen LogP contribution in [-0.2, 0) is 14.3 Å². The van der Waals surface area contributed by atoms with Gasteiger partial charge in [-0.05, 0) is 6.42 Å². The maximum Gasteiger partial charge on any atom is 0.333 e. The third kappa shape index (κ3) is 6.76. The first-order valence-electron chi connectivity index (χ1n) is 5.92. The van der Waals surface area contributed by atoms with Gasteiger partial charge in [-0.15, -0.1) is 0 Å². The predicted octanol–water partition coefficient (Wildman–Crippen LogP) is 2.05. The summed E-state index contributed by atoms with van der Waals surface area (Å²) >= 11 is 0. The van der Waals surface area contributed by atoms with Gasteiger partial charge in [-0.1, -0.05) is 40.7 Å². The summed E-state index contributed by atoms with van der Waals surface area (Å²) in [4.78, 5) is 22.8. The zero-order valence-corrected chi connectivity index (χ0v) is 11.3. The Morgan fingerprint density at radius 2 is 1.88 bits per heavy atom. The molecule has 1 N–H and O–H groups in total. The van der Waals surface area contributed by atoms with Crippen LogP contribution in [0.25, 0.3) is 0 Å². The van der Waals surface area contributed by atoms with Gasteiger partial charge in [-0.25, -0.2) is 4.79 Å². The van der Waals surface area contributed by atoms with Crippen molar-refractivity contribution in [1.82, 2.24) is 5.32 Å². The number of ether oxygens (including phenoxy) is 1. The molecule has 0 atom stereocenters. The van der Waals surface area contributed by atoms with Crippen LogP contribution in [0.4, 0.5) is 0 Å². The quantitative estimate of drug-likeness (QED) is 0.440. The molecule has 0 heterocycles. The molecule has 0 aliphatic carbocycles. The van der Waals surface area contributed by atoms with Crippen molar-refractivity contribution in [2.24, 2.45) is 5.41 Å². The SMILES string of the molecule is C=C(CCC)C(=O)OCCNC(=O)C(C)(C)C. The first-order valence-corrected chi connectivity index (χ1v) is 5.92. The van der Waals surface area contributed by atoms with E-state index in [1.54, 1.807) is 0 Å². The zero-order valence-electron chi connectivity index (χ0n) is 11.3. The van der Waals surface area contributed by atoms with Gasteiger partial charge in [0, 0.05) is 11.0 Å². The van der Waals surface area contributed by atoms with E-state index in [-0.39, 0.29) is 18.5 Å². The Labute approximate surface area is 103 Å². The number of hydrogen-bond acceptors (Lipinski definition) is 3. The molecule has 0 rings (SSSR count). The van der Waals surface area contributed by atoms with E-state index < -0.39 is 5.41 Å². The highest BCUT2D eigenvalue weighted by Gasteiger charge is 2.20. The fraction of sp³-hybridized carbons (Fsp3) is 0.692. The average Bonchev–Trinajstić information content (AvgIpc) is 2.22. The van der Waals surface area contributed by atoms with Crippen LogP contribution in [0.3, 0.4) is 0 Å². The third-order valence-electron chi connectivity index (χ3n) is 2.14. The average molecular weight is 241 g/mol. The molecule has 0 bridgehead atoms. The van der Waals surface area contributed by atoms with E-state index in [9.17, 15) is 9.59 Å². The van der Waals surface area contributed by atoms with Gasteiger partial charge >= 0.3 is 5.97 Å². The Hall–Kier alpha value is -1.32. The van der Waals surface area contributed by atoms with Crippen molar-refractivity contribution in [1.29, 1.82) is 0 Å². The summed E-state index contributed by atoms with van der Waals surface area (Å²) in [5.74, 6) is -0.433. The lowest BCUT2D eigenvalue weighted by Gasteiger charge is -2.17. The molecule has 0 fully saturated rings. The maximum atomic E-state index is 11.5. The molecule has 98 valence electrons. The van der Waals surface area contributed by atoms with Crippen LogP contribution in [0, 0.1) is 5.41 Å². The minimum absolute atomic E-state index is 0.0547. The Morgan fingerprint density at radius 3 is 2.35 bits per heavy atom. The summed E-state index contributed by atoms with van der Waals surface area (Å²) in [7, 11) is 0. The van der Waals surface area contributed by atoms with Crippen LogP contribution in [-0.4, -0.2) is 25.0 Å². The fourth-order valence-corrected chi connectivity index (χ4v) is 1.08. The van der Waals surface area contributed by atoms with Gasteiger partial charge in [0.15, 0.2) is 0 Å². The first-order chi connectivity index (χ1) is 7.79. The number of carbonyl (C=O) groups excluding carboxylic acids is 2. The molecule has 0 aliphatic rings. The van der Waals surface area contributed by atoms with Gasteiger partial charge in [0.1, 0.15) is 6.61 Å². The third-order valence-corrected chi connectivity index (χ3v) is 2.14. The molecule has 0 aliphatic heterocycles. The highest BCUT2D eigenvalue weighted by Crippen LogP contribution is 2.11. The maximum absolute atomic E-state index is 11.5. The Bertz CT molecular complexity index is 290.